The molecule has 0 aliphatic carbocycles. The summed E-state index contributed by atoms with van der Waals surface area (Å²) in [5.74, 6) is -0.531. The third kappa shape index (κ3) is 3.03. The molecule has 118 valence electrons. The van der Waals surface area contributed by atoms with E-state index in [1.807, 2.05) is 50.4 Å². The van der Waals surface area contributed by atoms with Crippen LogP contribution in [0.2, 0.25) is 0 Å². The number of Topliss-reactive ketones (excluding diaryl/α,β-unsaturated/α-hetero) is 1. The van der Waals surface area contributed by atoms with Crippen LogP contribution in [0.3, 0.4) is 0 Å². The molecule has 23 heavy (non-hydrogen) atoms. The first-order chi connectivity index (χ1) is 11.0. The SMILES string of the molecule is Cc1cc(C)c(C(=O)Cn2nc(-c3cccs3)oc2=O)cc1C. The van der Waals surface area contributed by atoms with E-state index in [1.165, 1.54) is 11.3 Å². The van der Waals surface area contributed by atoms with E-state index < -0.39 is 5.76 Å². The molecule has 0 N–H and O–H groups in total. The zero-order valence-corrected chi connectivity index (χ0v) is 13.9. The Balaban J connectivity index is 1.89. The van der Waals surface area contributed by atoms with Crippen molar-refractivity contribution in [2.24, 2.45) is 0 Å². The van der Waals surface area contributed by atoms with E-state index in [0.717, 1.165) is 26.2 Å². The number of benzene rings is 1. The third-order valence-electron chi connectivity index (χ3n) is 3.77. The van der Waals surface area contributed by atoms with Crippen molar-refractivity contribution in [2.75, 3.05) is 0 Å². The Labute approximate surface area is 137 Å². The van der Waals surface area contributed by atoms with E-state index in [4.69, 9.17) is 4.42 Å². The summed E-state index contributed by atoms with van der Waals surface area (Å²) >= 11 is 1.43. The van der Waals surface area contributed by atoms with Crippen molar-refractivity contribution in [3.8, 4) is 10.8 Å². The molecule has 3 rings (SSSR count). The van der Waals surface area contributed by atoms with Crippen LogP contribution in [0.1, 0.15) is 27.0 Å². The van der Waals surface area contributed by atoms with E-state index in [0.29, 0.717) is 5.56 Å². The van der Waals surface area contributed by atoms with Crippen molar-refractivity contribution in [3.63, 3.8) is 0 Å². The molecule has 6 heteroatoms. The monoisotopic (exact) mass is 328 g/mol. The normalized spacial score (nSPS) is 10.9. The molecule has 0 saturated carbocycles. The topological polar surface area (TPSA) is 65.1 Å². The highest BCUT2D eigenvalue weighted by molar-refractivity contribution is 7.13. The van der Waals surface area contributed by atoms with Crippen LogP contribution in [0.4, 0.5) is 0 Å². The molecule has 0 aliphatic rings. The van der Waals surface area contributed by atoms with Crippen molar-refractivity contribution >= 4 is 17.1 Å². The number of thiophene rings is 1. The molecule has 5 nitrogen and oxygen atoms in total. The van der Waals surface area contributed by atoms with Crippen LogP contribution in [0.15, 0.2) is 38.9 Å². The molecule has 0 amide bonds. The van der Waals surface area contributed by atoms with Crippen molar-refractivity contribution in [1.29, 1.82) is 0 Å². The van der Waals surface area contributed by atoms with Gasteiger partial charge >= 0.3 is 5.76 Å². The lowest BCUT2D eigenvalue weighted by Crippen LogP contribution is -2.22. The van der Waals surface area contributed by atoms with Gasteiger partial charge in [-0.3, -0.25) is 4.79 Å². The molecule has 0 unspecified atom stereocenters. The molecule has 2 heterocycles. The number of hydrogen-bond acceptors (Lipinski definition) is 5. The summed E-state index contributed by atoms with van der Waals surface area (Å²) in [7, 11) is 0. The lowest BCUT2D eigenvalue weighted by molar-refractivity contribution is 0.0964. The van der Waals surface area contributed by atoms with Gasteiger partial charge in [0.2, 0.25) is 0 Å². The average Bonchev–Trinajstić information content (AvgIpc) is 3.13. The van der Waals surface area contributed by atoms with Crippen LogP contribution >= 0.6 is 11.3 Å². The van der Waals surface area contributed by atoms with Crippen LogP contribution < -0.4 is 5.76 Å². The summed E-state index contributed by atoms with van der Waals surface area (Å²) in [5.41, 5.74) is 3.69. The fraction of sp³-hybridized carbons (Fsp3) is 0.235. The first kappa shape index (κ1) is 15.4. The van der Waals surface area contributed by atoms with E-state index in [-0.39, 0.29) is 18.2 Å². The van der Waals surface area contributed by atoms with Crippen LogP contribution in [-0.4, -0.2) is 15.6 Å². The Kier molecular flexibility index (Phi) is 4.00. The van der Waals surface area contributed by atoms with Crippen LogP contribution in [0.5, 0.6) is 0 Å². The lowest BCUT2D eigenvalue weighted by atomic mass is 9.98. The minimum Gasteiger partial charge on any atom is -0.387 e. The first-order valence-electron chi connectivity index (χ1n) is 7.18. The molecule has 0 fully saturated rings. The van der Waals surface area contributed by atoms with Crippen molar-refractivity contribution in [2.45, 2.75) is 27.3 Å². The standard InChI is InChI=1S/C17H16N2O3S/c1-10-7-12(3)13(8-11(10)2)14(20)9-19-17(21)22-16(18-19)15-5-4-6-23-15/h4-8H,9H2,1-3H3. The summed E-state index contributed by atoms with van der Waals surface area (Å²) in [6.07, 6.45) is 0. The van der Waals surface area contributed by atoms with E-state index in [2.05, 4.69) is 5.10 Å². The smallest absolute Gasteiger partial charge is 0.387 e. The van der Waals surface area contributed by atoms with Gasteiger partial charge in [0, 0.05) is 5.56 Å². The van der Waals surface area contributed by atoms with Gasteiger partial charge in [-0.2, -0.15) is 4.68 Å². The highest BCUT2D eigenvalue weighted by atomic mass is 32.1. The highest BCUT2D eigenvalue weighted by Gasteiger charge is 2.16. The van der Waals surface area contributed by atoms with Gasteiger partial charge < -0.3 is 4.42 Å². The molecule has 0 saturated heterocycles. The number of aryl methyl sites for hydroxylation is 3. The van der Waals surface area contributed by atoms with Gasteiger partial charge in [-0.15, -0.1) is 16.4 Å². The molecule has 0 bridgehead atoms. The first-order valence-corrected chi connectivity index (χ1v) is 8.06. The Morgan fingerprint density at radius 1 is 1.22 bits per heavy atom. The van der Waals surface area contributed by atoms with Crippen molar-refractivity contribution in [1.82, 2.24) is 9.78 Å². The van der Waals surface area contributed by atoms with Gasteiger partial charge in [-0.1, -0.05) is 12.1 Å². The maximum atomic E-state index is 12.5. The van der Waals surface area contributed by atoms with Gasteiger partial charge in [-0.05, 0) is 55.0 Å². The maximum Gasteiger partial charge on any atom is 0.437 e. The molecule has 0 aliphatic heterocycles. The summed E-state index contributed by atoms with van der Waals surface area (Å²) in [6.45, 7) is 5.73. The molecule has 2 aromatic heterocycles. The number of rotatable bonds is 4. The second-order valence-electron chi connectivity index (χ2n) is 5.48. The fourth-order valence-electron chi connectivity index (χ4n) is 2.39. The van der Waals surface area contributed by atoms with Gasteiger partial charge in [-0.25, -0.2) is 4.79 Å². The molecule has 0 spiro atoms. The van der Waals surface area contributed by atoms with Gasteiger partial charge in [0.15, 0.2) is 5.78 Å². The van der Waals surface area contributed by atoms with Crippen LogP contribution in [0, 0.1) is 20.8 Å². The average molecular weight is 328 g/mol. The van der Waals surface area contributed by atoms with E-state index >= 15 is 0 Å². The van der Waals surface area contributed by atoms with Crippen molar-refractivity contribution in [3.05, 3.63) is 62.4 Å². The highest BCUT2D eigenvalue weighted by Crippen LogP contribution is 2.21. The number of nitrogens with zero attached hydrogens (tertiary/aromatic N) is 2. The quantitative estimate of drug-likeness (QED) is 0.689. The Bertz CT molecular complexity index is 920. The minimum absolute atomic E-state index is 0.128. The van der Waals surface area contributed by atoms with Crippen molar-refractivity contribution < 1.29 is 9.21 Å². The minimum atomic E-state index is -0.622. The summed E-state index contributed by atoms with van der Waals surface area (Å²) in [4.78, 5) is 25.2. The molecule has 0 atom stereocenters. The zero-order valence-electron chi connectivity index (χ0n) is 13.1. The molecular formula is C17H16N2O3S. The summed E-state index contributed by atoms with van der Waals surface area (Å²) in [5, 5.41) is 5.99. The molecule has 3 aromatic rings. The summed E-state index contributed by atoms with van der Waals surface area (Å²) < 4.78 is 6.20. The lowest BCUT2D eigenvalue weighted by Gasteiger charge is -2.08. The van der Waals surface area contributed by atoms with E-state index in [1.54, 1.807) is 0 Å². The second kappa shape index (κ2) is 5.96. The van der Waals surface area contributed by atoms with Crippen LogP contribution in [0.25, 0.3) is 10.8 Å². The Hall–Kier alpha value is -2.47. The summed E-state index contributed by atoms with van der Waals surface area (Å²) in [6, 6.07) is 7.50. The number of hydrogen-bond donors (Lipinski definition) is 0. The third-order valence-corrected chi connectivity index (χ3v) is 4.63. The Morgan fingerprint density at radius 3 is 2.65 bits per heavy atom. The second-order valence-corrected chi connectivity index (χ2v) is 6.43. The number of carbonyl (C=O) groups is 1. The fourth-order valence-corrected chi connectivity index (χ4v) is 3.03. The largest absolute Gasteiger partial charge is 0.437 e. The van der Waals surface area contributed by atoms with Gasteiger partial charge in [0.25, 0.3) is 5.89 Å². The molecular weight excluding hydrogens is 312 g/mol. The van der Waals surface area contributed by atoms with E-state index in [9.17, 15) is 9.59 Å². The number of aromatic nitrogens is 2. The zero-order chi connectivity index (χ0) is 16.6. The Morgan fingerprint density at radius 2 is 1.96 bits per heavy atom. The number of carbonyl (C=O) groups excluding carboxylic acids is 1. The van der Waals surface area contributed by atoms with Gasteiger partial charge in [0.1, 0.15) is 6.54 Å². The predicted molar refractivity (Wildman–Crippen MR) is 89.1 cm³/mol. The maximum absolute atomic E-state index is 12.5. The molecule has 1 aromatic carbocycles. The number of ketones is 1. The molecule has 0 radical (unpaired) electrons. The van der Waals surface area contributed by atoms with Gasteiger partial charge in [0.05, 0.1) is 4.88 Å². The predicted octanol–water partition coefficient (Wildman–Crippen LogP) is 3.37. The van der Waals surface area contributed by atoms with Crippen LogP contribution in [-0.2, 0) is 6.54 Å².